The Bertz CT molecular complexity index is 581. The molecule has 1 rings (SSSR count). The first-order valence-electron chi connectivity index (χ1n) is 4.93. The molecule has 0 fully saturated rings. The number of carbonyl (C=O) groups is 1. The third-order valence-electron chi connectivity index (χ3n) is 2.25. The van der Waals surface area contributed by atoms with Crippen LogP contribution in [-0.2, 0) is 0 Å². The van der Waals surface area contributed by atoms with E-state index in [1.54, 1.807) is 4.98 Å². The zero-order valence-corrected chi connectivity index (χ0v) is 9.29. The highest BCUT2D eigenvalue weighted by Gasteiger charge is 2.50. The SMILES string of the molecule is O=C(n1ccc(=O)[nH]c1=O)C(F)(F)[C@H](O)[C@H](O)CO. The fraction of sp³-hybridized carbons (Fsp3) is 0.444. The van der Waals surface area contributed by atoms with Gasteiger partial charge in [-0.2, -0.15) is 8.78 Å². The molecule has 1 aromatic rings. The van der Waals surface area contributed by atoms with Crippen LogP contribution in [0, 0.1) is 0 Å². The van der Waals surface area contributed by atoms with Crippen molar-refractivity contribution in [3.63, 3.8) is 0 Å². The third kappa shape index (κ3) is 2.92. The van der Waals surface area contributed by atoms with Gasteiger partial charge in [-0.15, -0.1) is 0 Å². The molecule has 0 bridgehead atoms. The predicted octanol–water partition coefficient (Wildman–Crippen LogP) is -2.47. The summed E-state index contributed by atoms with van der Waals surface area (Å²) in [6.45, 7) is -1.20. The van der Waals surface area contributed by atoms with E-state index in [0.29, 0.717) is 12.3 Å². The lowest BCUT2D eigenvalue weighted by Gasteiger charge is -2.24. The minimum Gasteiger partial charge on any atom is -0.394 e. The molecule has 0 radical (unpaired) electrons. The molecule has 0 saturated carbocycles. The van der Waals surface area contributed by atoms with Gasteiger partial charge in [-0.1, -0.05) is 0 Å². The van der Waals surface area contributed by atoms with E-state index in [1.807, 2.05) is 0 Å². The van der Waals surface area contributed by atoms with Gasteiger partial charge in [0, 0.05) is 12.3 Å². The van der Waals surface area contributed by atoms with Crippen LogP contribution in [0.2, 0.25) is 0 Å². The maximum Gasteiger partial charge on any atom is 0.353 e. The topological polar surface area (TPSA) is 133 Å². The molecule has 0 aromatic carbocycles. The van der Waals surface area contributed by atoms with Crippen LogP contribution in [0.25, 0.3) is 0 Å². The van der Waals surface area contributed by atoms with Crippen LogP contribution in [0.4, 0.5) is 8.78 Å². The summed E-state index contributed by atoms with van der Waals surface area (Å²) >= 11 is 0. The van der Waals surface area contributed by atoms with Crippen LogP contribution < -0.4 is 11.2 Å². The van der Waals surface area contributed by atoms with Crippen molar-refractivity contribution < 1.29 is 28.9 Å². The number of aliphatic hydroxyl groups is 3. The van der Waals surface area contributed by atoms with E-state index in [-0.39, 0.29) is 4.57 Å². The Balaban J connectivity index is 3.18. The molecule has 106 valence electrons. The summed E-state index contributed by atoms with van der Waals surface area (Å²) in [7, 11) is 0. The smallest absolute Gasteiger partial charge is 0.353 e. The maximum atomic E-state index is 13.5. The number of H-pyrrole nitrogens is 1. The largest absolute Gasteiger partial charge is 0.394 e. The second-order valence-electron chi connectivity index (χ2n) is 3.60. The first-order valence-corrected chi connectivity index (χ1v) is 4.93. The maximum absolute atomic E-state index is 13.5. The summed E-state index contributed by atoms with van der Waals surface area (Å²) in [5.41, 5.74) is -2.31. The lowest BCUT2D eigenvalue weighted by Crippen LogP contribution is -2.53. The van der Waals surface area contributed by atoms with Gasteiger partial charge < -0.3 is 15.3 Å². The zero-order chi connectivity index (χ0) is 14.8. The summed E-state index contributed by atoms with van der Waals surface area (Å²) in [6, 6.07) is 0.657. The summed E-state index contributed by atoms with van der Waals surface area (Å²) < 4.78 is 26.9. The lowest BCUT2D eigenvalue weighted by atomic mass is 10.1. The number of halogens is 2. The molecule has 0 spiro atoms. The average Bonchev–Trinajstić information content (AvgIpc) is 2.36. The number of hydrogen-bond donors (Lipinski definition) is 4. The van der Waals surface area contributed by atoms with Gasteiger partial charge in [-0.3, -0.25) is 14.6 Å². The number of alkyl halides is 2. The monoisotopic (exact) mass is 280 g/mol. The van der Waals surface area contributed by atoms with Gasteiger partial charge in [0.1, 0.15) is 6.10 Å². The molecule has 1 heterocycles. The normalized spacial score (nSPS) is 15.0. The van der Waals surface area contributed by atoms with Crippen LogP contribution in [0.15, 0.2) is 21.9 Å². The second kappa shape index (κ2) is 5.38. The van der Waals surface area contributed by atoms with Crippen molar-refractivity contribution in [3.8, 4) is 0 Å². The van der Waals surface area contributed by atoms with Crippen LogP contribution in [0.1, 0.15) is 4.79 Å². The van der Waals surface area contributed by atoms with E-state index in [0.717, 1.165) is 0 Å². The summed E-state index contributed by atoms with van der Waals surface area (Å²) in [6.07, 6.45) is -4.66. The Labute approximate surface area is 103 Å². The number of carbonyl (C=O) groups excluding carboxylic acids is 1. The molecule has 0 unspecified atom stereocenters. The van der Waals surface area contributed by atoms with Crippen molar-refractivity contribution >= 4 is 5.91 Å². The molecule has 0 saturated heterocycles. The highest BCUT2D eigenvalue weighted by atomic mass is 19.3. The van der Waals surface area contributed by atoms with Crippen LogP contribution in [0.5, 0.6) is 0 Å². The number of aromatic amines is 1. The summed E-state index contributed by atoms with van der Waals surface area (Å²) in [4.78, 5) is 34.8. The van der Waals surface area contributed by atoms with Crippen molar-refractivity contribution in [2.24, 2.45) is 0 Å². The molecular weight excluding hydrogens is 270 g/mol. The molecule has 19 heavy (non-hydrogen) atoms. The first kappa shape index (κ1) is 15.1. The molecule has 0 aliphatic rings. The Morgan fingerprint density at radius 1 is 1.42 bits per heavy atom. The molecule has 0 aliphatic carbocycles. The van der Waals surface area contributed by atoms with Crippen molar-refractivity contribution in [2.75, 3.05) is 6.61 Å². The van der Waals surface area contributed by atoms with Gasteiger partial charge >= 0.3 is 17.5 Å². The van der Waals surface area contributed by atoms with Gasteiger partial charge in [0.05, 0.1) is 6.61 Å². The molecule has 0 aliphatic heterocycles. The molecule has 0 amide bonds. The Morgan fingerprint density at radius 3 is 2.47 bits per heavy atom. The molecule has 4 N–H and O–H groups in total. The molecule has 2 atom stereocenters. The standard InChI is InChI=1S/C9H10F2N2O6/c10-9(11,6(17)4(15)3-14)7(18)13-2-1-5(16)12-8(13)19/h1-2,4,6,14-15,17H,3H2,(H,12,16,19)/t4-,6-/m1/s1. The molecule has 1 aromatic heterocycles. The fourth-order valence-corrected chi connectivity index (χ4v) is 1.21. The van der Waals surface area contributed by atoms with Crippen LogP contribution >= 0.6 is 0 Å². The lowest BCUT2D eigenvalue weighted by molar-refractivity contribution is -0.136. The van der Waals surface area contributed by atoms with Crippen LogP contribution in [-0.4, -0.2) is 55.5 Å². The Hall–Kier alpha value is -1.91. The van der Waals surface area contributed by atoms with Gasteiger partial charge in [0.2, 0.25) is 0 Å². The molecule has 10 heteroatoms. The highest BCUT2D eigenvalue weighted by Crippen LogP contribution is 2.22. The minimum atomic E-state index is -4.52. The van der Waals surface area contributed by atoms with Crippen LogP contribution in [0.3, 0.4) is 0 Å². The van der Waals surface area contributed by atoms with Gasteiger partial charge in [-0.25, -0.2) is 9.36 Å². The summed E-state index contributed by atoms with van der Waals surface area (Å²) in [5, 5.41) is 26.4. The first-order chi connectivity index (χ1) is 8.71. The molecular formula is C9H10F2N2O6. The number of aromatic nitrogens is 2. The number of hydrogen-bond acceptors (Lipinski definition) is 6. The minimum absolute atomic E-state index is 0.116. The van der Waals surface area contributed by atoms with Crippen molar-refractivity contribution in [1.82, 2.24) is 9.55 Å². The number of rotatable bonds is 4. The van der Waals surface area contributed by atoms with E-state index in [1.165, 1.54) is 0 Å². The number of nitrogens with one attached hydrogen (secondary N) is 1. The number of nitrogens with zero attached hydrogens (tertiary/aromatic N) is 1. The Kier molecular flexibility index (Phi) is 4.29. The van der Waals surface area contributed by atoms with E-state index in [2.05, 4.69) is 0 Å². The van der Waals surface area contributed by atoms with E-state index in [9.17, 15) is 23.2 Å². The van der Waals surface area contributed by atoms with Gasteiger partial charge in [0.15, 0.2) is 6.10 Å². The fourth-order valence-electron chi connectivity index (χ4n) is 1.21. The third-order valence-corrected chi connectivity index (χ3v) is 2.25. The predicted molar refractivity (Wildman–Crippen MR) is 56.0 cm³/mol. The second-order valence-corrected chi connectivity index (χ2v) is 3.60. The van der Waals surface area contributed by atoms with Gasteiger partial charge in [0.25, 0.3) is 5.56 Å². The molecule has 8 nitrogen and oxygen atoms in total. The van der Waals surface area contributed by atoms with E-state index in [4.69, 9.17) is 15.3 Å². The van der Waals surface area contributed by atoms with Crippen molar-refractivity contribution in [3.05, 3.63) is 33.1 Å². The summed E-state index contributed by atoms with van der Waals surface area (Å²) in [5.74, 6) is -6.67. The quantitative estimate of drug-likeness (QED) is 0.483. The Morgan fingerprint density at radius 2 is 2.00 bits per heavy atom. The number of aliphatic hydroxyl groups excluding tert-OH is 3. The van der Waals surface area contributed by atoms with E-state index < -0.39 is 41.9 Å². The average molecular weight is 280 g/mol. The zero-order valence-electron chi connectivity index (χ0n) is 9.29. The highest BCUT2D eigenvalue weighted by molar-refractivity contribution is 5.86. The van der Waals surface area contributed by atoms with Gasteiger partial charge in [-0.05, 0) is 0 Å². The van der Waals surface area contributed by atoms with Crippen molar-refractivity contribution in [1.29, 1.82) is 0 Å². The van der Waals surface area contributed by atoms with Crippen molar-refractivity contribution in [2.45, 2.75) is 18.1 Å². The van der Waals surface area contributed by atoms with E-state index >= 15 is 0 Å².